The largest absolute Gasteiger partial charge is 0.493 e. The highest BCUT2D eigenvalue weighted by Gasteiger charge is 2.21. The molecule has 0 saturated heterocycles. The number of hydrogen-bond donors (Lipinski definition) is 1. The lowest BCUT2D eigenvalue weighted by atomic mass is 9.91. The van der Waals surface area contributed by atoms with E-state index in [-0.39, 0.29) is 5.78 Å². The van der Waals surface area contributed by atoms with Crippen LogP contribution in [-0.4, -0.2) is 30.6 Å². The van der Waals surface area contributed by atoms with Crippen molar-refractivity contribution in [1.29, 1.82) is 0 Å². The number of nitrogens with one attached hydrogen (secondary N) is 1. The maximum absolute atomic E-state index is 12.4. The van der Waals surface area contributed by atoms with Gasteiger partial charge < -0.3 is 14.8 Å². The normalized spacial score (nSPS) is 13.3. The van der Waals surface area contributed by atoms with Crippen molar-refractivity contribution >= 4 is 28.4 Å². The summed E-state index contributed by atoms with van der Waals surface area (Å²) in [6.07, 6.45) is 1.71. The quantitative estimate of drug-likeness (QED) is 0.814. The number of hydrogen-bond acceptors (Lipinski definition) is 4. The minimum atomic E-state index is -0.514. The van der Waals surface area contributed by atoms with Gasteiger partial charge in [-0.3, -0.25) is 4.79 Å². The Morgan fingerprint density at radius 2 is 1.77 bits per heavy atom. The Morgan fingerprint density at radius 3 is 2.46 bits per heavy atom. The molecule has 0 bridgehead atoms. The van der Waals surface area contributed by atoms with E-state index in [1.807, 2.05) is 57.2 Å². The molecule has 0 radical (unpaired) electrons. The highest BCUT2D eigenvalue weighted by atomic mass is 16.6. The van der Waals surface area contributed by atoms with E-state index in [0.29, 0.717) is 30.9 Å². The summed E-state index contributed by atoms with van der Waals surface area (Å²) in [7, 11) is 0. The monoisotopic (exact) mass is 353 g/mol. The topological polar surface area (TPSA) is 64.6 Å². The van der Waals surface area contributed by atoms with Crippen LogP contribution in [0.5, 0.6) is 0 Å². The average Bonchev–Trinajstić information content (AvgIpc) is 2.57. The molecular weight excluding hydrogens is 330 g/mol. The molecular formula is C21H23NO4. The fraction of sp³-hybridized carbons (Fsp3) is 0.333. The van der Waals surface area contributed by atoms with Gasteiger partial charge in [0.2, 0.25) is 0 Å². The Kier molecular flexibility index (Phi) is 4.98. The van der Waals surface area contributed by atoms with Crippen LogP contribution in [0.25, 0.3) is 16.5 Å². The number of allylic oxidation sites excluding steroid dienone is 1. The van der Waals surface area contributed by atoms with Gasteiger partial charge in [0.25, 0.3) is 0 Å². The van der Waals surface area contributed by atoms with Crippen molar-refractivity contribution in [3.63, 3.8) is 0 Å². The van der Waals surface area contributed by atoms with E-state index in [2.05, 4.69) is 5.32 Å². The first-order chi connectivity index (χ1) is 12.3. The van der Waals surface area contributed by atoms with Crippen molar-refractivity contribution in [2.24, 2.45) is 0 Å². The molecule has 0 spiro atoms. The summed E-state index contributed by atoms with van der Waals surface area (Å²) in [5.41, 5.74) is 1.12. The number of ether oxygens (including phenoxy) is 2. The standard InChI is InChI=1S/C21H23NO4/c1-21(2,3)26-20(24)22-11-6-12-25-18-13-17(23)15-9-4-7-14-8-5-10-16(18)19(14)15/h4-5,7-10,13H,6,11-12H2,1-3H3,(H,22,24). The summed E-state index contributed by atoms with van der Waals surface area (Å²) < 4.78 is 11.0. The zero-order valence-corrected chi connectivity index (χ0v) is 15.3. The summed E-state index contributed by atoms with van der Waals surface area (Å²) in [5.74, 6) is 0.535. The molecule has 26 heavy (non-hydrogen) atoms. The molecule has 0 saturated carbocycles. The van der Waals surface area contributed by atoms with Gasteiger partial charge >= 0.3 is 6.09 Å². The molecule has 0 unspecified atom stereocenters. The van der Waals surface area contributed by atoms with E-state index in [1.165, 1.54) is 0 Å². The van der Waals surface area contributed by atoms with Gasteiger partial charge in [-0.1, -0.05) is 36.4 Å². The van der Waals surface area contributed by atoms with Crippen molar-refractivity contribution in [3.05, 3.63) is 53.6 Å². The molecule has 5 nitrogen and oxygen atoms in total. The lowest BCUT2D eigenvalue weighted by molar-refractivity contribution is 0.0525. The average molecular weight is 353 g/mol. The summed E-state index contributed by atoms with van der Waals surface area (Å²) in [5, 5.41) is 4.65. The number of alkyl carbamates (subject to hydrolysis) is 1. The first kappa shape index (κ1) is 18.0. The Bertz CT molecular complexity index is 872. The third kappa shape index (κ3) is 4.04. The predicted octanol–water partition coefficient (Wildman–Crippen LogP) is 4.31. The number of ketones is 1. The maximum Gasteiger partial charge on any atom is 0.407 e. The van der Waals surface area contributed by atoms with E-state index in [0.717, 1.165) is 16.3 Å². The number of carbonyl (C=O) groups excluding carboxylic acids is 2. The third-order valence-corrected chi connectivity index (χ3v) is 3.94. The molecule has 0 aromatic heterocycles. The SMILES string of the molecule is CC(C)(C)OC(=O)NCCCOC1=CC(=O)c2cccc3cccc1c23. The maximum atomic E-state index is 12.4. The Morgan fingerprint density at radius 1 is 1.08 bits per heavy atom. The van der Waals surface area contributed by atoms with Crippen LogP contribution >= 0.6 is 0 Å². The van der Waals surface area contributed by atoms with Gasteiger partial charge in [0.15, 0.2) is 5.78 Å². The van der Waals surface area contributed by atoms with Crippen molar-refractivity contribution in [3.8, 4) is 0 Å². The fourth-order valence-corrected chi connectivity index (χ4v) is 2.90. The molecule has 0 atom stereocenters. The molecule has 136 valence electrons. The van der Waals surface area contributed by atoms with Gasteiger partial charge in [0, 0.05) is 29.1 Å². The van der Waals surface area contributed by atoms with Crippen LogP contribution in [0.4, 0.5) is 4.79 Å². The fourth-order valence-electron chi connectivity index (χ4n) is 2.90. The van der Waals surface area contributed by atoms with Gasteiger partial charge in [-0.15, -0.1) is 0 Å². The molecule has 0 aliphatic heterocycles. The Hall–Kier alpha value is -2.82. The summed E-state index contributed by atoms with van der Waals surface area (Å²) in [4.78, 5) is 24.0. The molecule has 1 amide bonds. The smallest absolute Gasteiger partial charge is 0.407 e. The highest BCUT2D eigenvalue weighted by Crippen LogP contribution is 2.33. The summed E-state index contributed by atoms with van der Waals surface area (Å²) in [6.45, 7) is 6.30. The van der Waals surface area contributed by atoms with E-state index in [9.17, 15) is 9.59 Å². The molecule has 5 heteroatoms. The highest BCUT2D eigenvalue weighted by molar-refractivity contribution is 6.21. The zero-order chi connectivity index (χ0) is 18.7. The second kappa shape index (κ2) is 7.20. The minimum absolute atomic E-state index is 0.0452. The van der Waals surface area contributed by atoms with Crippen LogP contribution in [0.3, 0.4) is 0 Å². The lowest BCUT2D eigenvalue weighted by Gasteiger charge is -2.20. The predicted molar refractivity (Wildman–Crippen MR) is 101 cm³/mol. The first-order valence-electron chi connectivity index (χ1n) is 8.73. The Balaban J connectivity index is 1.58. The molecule has 2 aromatic rings. The molecule has 1 aliphatic rings. The molecule has 1 aliphatic carbocycles. The number of rotatable bonds is 5. The lowest BCUT2D eigenvalue weighted by Crippen LogP contribution is -2.33. The first-order valence-corrected chi connectivity index (χ1v) is 8.73. The van der Waals surface area contributed by atoms with Gasteiger partial charge in [-0.05, 0) is 32.6 Å². The number of benzene rings is 2. The van der Waals surface area contributed by atoms with Crippen molar-refractivity contribution in [2.75, 3.05) is 13.2 Å². The van der Waals surface area contributed by atoms with Gasteiger partial charge in [-0.25, -0.2) is 4.79 Å². The number of carbonyl (C=O) groups is 2. The molecule has 1 N–H and O–H groups in total. The van der Waals surface area contributed by atoms with Gasteiger partial charge in [0.1, 0.15) is 11.4 Å². The minimum Gasteiger partial charge on any atom is -0.493 e. The van der Waals surface area contributed by atoms with Crippen LogP contribution in [0, 0.1) is 0 Å². The van der Waals surface area contributed by atoms with Crippen LogP contribution in [0.1, 0.15) is 43.1 Å². The van der Waals surface area contributed by atoms with Gasteiger partial charge in [0.05, 0.1) is 6.61 Å². The van der Waals surface area contributed by atoms with Crippen LogP contribution < -0.4 is 5.32 Å². The molecule has 2 aromatic carbocycles. The molecule has 3 rings (SSSR count). The molecule has 0 fully saturated rings. The van der Waals surface area contributed by atoms with Crippen LogP contribution in [0.2, 0.25) is 0 Å². The molecule has 0 heterocycles. The third-order valence-electron chi connectivity index (χ3n) is 3.94. The summed E-state index contributed by atoms with van der Waals surface area (Å²) in [6, 6.07) is 11.6. The van der Waals surface area contributed by atoms with Crippen molar-refractivity contribution in [1.82, 2.24) is 5.32 Å². The van der Waals surface area contributed by atoms with E-state index in [4.69, 9.17) is 9.47 Å². The second-order valence-corrected chi connectivity index (χ2v) is 7.21. The number of amides is 1. The summed E-state index contributed by atoms with van der Waals surface area (Å²) >= 11 is 0. The van der Waals surface area contributed by atoms with Crippen molar-refractivity contribution in [2.45, 2.75) is 32.8 Å². The van der Waals surface area contributed by atoms with E-state index in [1.54, 1.807) is 6.08 Å². The van der Waals surface area contributed by atoms with E-state index >= 15 is 0 Å². The van der Waals surface area contributed by atoms with E-state index < -0.39 is 11.7 Å². The van der Waals surface area contributed by atoms with Gasteiger partial charge in [-0.2, -0.15) is 0 Å². The van der Waals surface area contributed by atoms with Crippen LogP contribution in [0.15, 0.2) is 42.5 Å². The Labute approximate surface area is 153 Å². The van der Waals surface area contributed by atoms with Crippen molar-refractivity contribution < 1.29 is 19.1 Å². The van der Waals surface area contributed by atoms with Crippen LogP contribution in [-0.2, 0) is 9.47 Å². The zero-order valence-electron chi connectivity index (χ0n) is 15.3. The second-order valence-electron chi connectivity index (χ2n) is 7.21.